The van der Waals surface area contributed by atoms with Crippen LogP contribution < -0.4 is 0 Å². The molecule has 0 saturated carbocycles. The quantitative estimate of drug-likeness (QED) is 0.0346. The van der Waals surface area contributed by atoms with Crippen molar-refractivity contribution in [3.8, 4) is 0 Å². The SMILES string of the molecule is CC/C=C\C/C=C\C/C=C\C/C=C\CCCCCCCCCOCC(COC(=O)CCCCCCCCCCCCCCC)OC(=O)CCCCCCCCCCCCCCC. The van der Waals surface area contributed by atoms with Gasteiger partial charge in [0.15, 0.2) is 6.10 Å². The molecule has 0 aliphatic carbocycles. The van der Waals surface area contributed by atoms with E-state index in [1.54, 1.807) is 0 Å². The normalized spacial score (nSPS) is 12.5. The van der Waals surface area contributed by atoms with Crippen LogP contribution in [-0.4, -0.2) is 37.9 Å². The Bertz CT molecular complexity index is 1030. The molecule has 0 fully saturated rings. The van der Waals surface area contributed by atoms with Gasteiger partial charge < -0.3 is 14.2 Å². The van der Waals surface area contributed by atoms with E-state index in [2.05, 4.69) is 69.4 Å². The van der Waals surface area contributed by atoms with E-state index in [0.29, 0.717) is 19.4 Å². The van der Waals surface area contributed by atoms with Gasteiger partial charge in [0.1, 0.15) is 6.61 Å². The molecule has 1 atom stereocenters. The van der Waals surface area contributed by atoms with E-state index in [-0.39, 0.29) is 25.2 Å². The number of carbonyl (C=O) groups excluding carboxylic acids is 2. The summed E-state index contributed by atoms with van der Waals surface area (Å²) < 4.78 is 17.4. The molecule has 0 aromatic rings. The number of hydrogen-bond donors (Lipinski definition) is 0. The van der Waals surface area contributed by atoms with Crippen LogP contribution in [0.1, 0.15) is 278 Å². The second-order valence-corrected chi connectivity index (χ2v) is 18.1. The summed E-state index contributed by atoms with van der Waals surface area (Å²) in [6.07, 6.45) is 65.5. The van der Waals surface area contributed by atoms with Gasteiger partial charge in [-0.2, -0.15) is 0 Å². The predicted molar refractivity (Wildman–Crippen MR) is 270 cm³/mol. The molecule has 0 bridgehead atoms. The molecule has 1 unspecified atom stereocenters. The Labute approximate surface area is 386 Å². The molecular weight excluding hydrogens is 765 g/mol. The Morgan fingerprint density at radius 1 is 0.371 bits per heavy atom. The summed E-state index contributed by atoms with van der Waals surface area (Å²) in [4.78, 5) is 25.4. The molecule has 362 valence electrons. The molecule has 0 spiro atoms. The number of rotatable bonds is 50. The summed E-state index contributed by atoms with van der Waals surface area (Å²) >= 11 is 0. The number of ether oxygens (including phenoxy) is 3. The van der Waals surface area contributed by atoms with Gasteiger partial charge in [-0.25, -0.2) is 0 Å². The highest BCUT2D eigenvalue weighted by Gasteiger charge is 2.17. The van der Waals surface area contributed by atoms with E-state index in [1.807, 2.05) is 0 Å². The van der Waals surface area contributed by atoms with Crippen LogP contribution >= 0.6 is 0 Å². The van der Waals surface area contributed by atoms with Gasteiger partial charge in [0.05, 0.1) is 6.61 Å². The molecule has 5 heteroatoms. The maximum atomic E-state index is 12.8. The summed E-state index contributed by atoms with van der Waals surface area (Å²) in [5.41, 5.74) is 0. The minimum absolute atomic E-state index is 0.0858. The highest BCUT2D eigenvalue weighted by molar-refractivity contribution is 5.70. The Morgan fingerprint density at radius 3 is 1.16 bits per heavy atom. The van der Waals surface area contributed by atoms with Gasteiger partial charge in [0, 0.05) is 19.4 Å². The van der Waals surface area contributed by atoms with Gasteiger partial charge in [-0.1, -0.05) is 256 Å². The maximum Gasteiger partial charge on any atom is 0.306 e. The molecule has 0 N–H and O–H groups in total. The average Bonchev–Trinajstić information content (AvgIpc) is 3.27. The van der Waals surface area contributed by atoms with Gasteiger partial charge in [0.2, 0.25) is 0 Å². The van der Waals surface area contributed by atoms with E-state index in [9.17, 15) is 9.59 Å². The number of allylic oxidation sites excluding steroid dienone is 8. The minimum Gasteiger partial charge on any atom is -0.462 e. The van der Waals surface area contributed by atoms with Gasteiger partial charge in [-0.3, -0.25) is 9.59 Å². The molecule has 0 aromatic carbocycles. The van der Waals surface area contributed by atoms with Crippen molar-refractivity contribution in [3.05, 3.63) is 48.6 Å². The Balaban J connectivity index is 4.23. The zero-order valence-corrected chi connectivity index (χ0v) is 41.6. The van der Waals surface area contributed by atoms with Gasteiger partial charge in [0.25, 0.3) is 0 Å². The summed E-state index contributed by atoms with van der Waals surface area (Å²) in [7, 11) is 0. The Kier molecular flexibility index (Phi) is 51.4. The van der Waals surface area contributed by atoms with Crippen LogP contribution in [0.4, 0.5) is 0 Å². The van der Waals surface area contributed by atoms with Gasteiger partial charge >= 0.3 is 11.9 Å². The molecule has 0 heterocycles. The fraction of sp³-hybridized carbons (Fsp3) is 0.825. The topological polar surface area (TPSA) is 61.8 Å². The van der Waals surface area contributed by atoms with E-state index in [0.717, 1.165) is 64.2 Å². The van der Waals surface area contributed by atoms with Crippen LogP contribution in [0.3, 0.4) is 0 Å². The third kappa shape index (κ3) is 50.5. The Morgan fingerprint density at radius 2 is 0.726 bits per heavy atom. The summed E-state index contributed by atoms with van der Waals surface area (Å²) in [5, 5.41) is 0. The van der Waals surface area contributed by atoms with Crippen molar-refractivity contribution in [1.82, 2.24) is 0 Å². The molecule has 62 heavy (non-hydrogen) atoms. The minimum atomic E-state index is -0.537. The zero-order chi connectivity index (χ0) is 44.9. The van der Waals surface area contributed by atoms with Crippen molar-refractivity contribution >= 4 is 11.9 Å². The third-order valence-corrected chi connectivity index (χ3v) is 11.9. The average molecular weight is 869 g/mol. The van der Waals surface area contributed by atoms with Gasteiger partial charge in [-0.05, 0) is 57.8 Å². The molecule has 0 rings (SSSR count). The summed E-state index contributed by atoms with van der Waals surface area (Å²) in [6.45, 7) is 7.73. The molecule has 0 aliphatic rings. The first-order valence-corrected chi connectivity index (χ1v) is 27.2. The predicted octanol–water partition coefficient (Wildman–Crippen LogP) is 18.3. The lowest BCUT2D eigenvalue weighted by Crippen LogP contribution is -2.30. The summed E-state index contributed by atoms with van der Waals surface area (Å²) in [6, 6.07) is 0. The molecule has 0 aliphatic heterocycles. The lowest BCUT2D eigenvalue weighted by Gasteiger charge is -2.18. The van der Waals surface area contributed by atoms with Crippen LogP contribution in [0, 0.1) is 0 Å². The van der Waals surface area contributed by atoms with Crippen molar-refractivity contribution in [1.29, 1.82) is 0 Å². The van der Waals surface area contributed by atoms with E-state index < -0.39 is 6.10 Å². The first-order valence-electron chi connectivity index (χ1n) is 27.2. The fourth-order valence-electron chi connectivity index (χ4n) is 7.86. The van der Waals surface area contributed by atoms with Crippen molar-refractivity contribution in [2.75, 3.05) is 19.8 Å². The standard InChI is InChI=1S/C57H104O5/c1-4-7-10-13-16-19-22-25-26-27-28-29-30-31-34-37-40-43-46-49-52-60-53-55(62-57(59)51-48-45-42-39-36-33-24-21-18-15-12-9-6-3)54-61-56(58)50-47-44-41-38-35-32-23-20-17-14-11-8-5-2/h7,10,16,19,25-26,28-29,55H,4-6,8-9,11-15,17-18,20-24,27,30-54H2,1-3H3/b10-7-,19-16-,26-25-,29-28-. The molecule has 0 amide bonds. The third-order valence-electron chi connectivity index (χ3n) is 11.9. The van der Waals surface area contributed by atoms with Crippen molar-refractivity contribution in [2.45, 2.75) is 284 Å². The molecule has 0 aromatic heterocycles. The number of hydrogen-bond acceptors (Lipinski definition) is 5. The second-order valence-electron chi connectivity index (χ2n) is 18.1. The van der Waals surface area contributed by atoms with E-state index in [1.165, 1.54) is 180 Å². The maximum absolute atomic E-state index is 12.8. The lowest BCUT2D eigenvalue weighted by atomic mass is 10.0. The highest BCUT2D eigenvalue weighted by Crippen LogP contribution is 2.16. The Hall–Kier alpha value is -2.14. The number of carbonyl (C=O) groups is 2. The monoisotopic (exact) mass is 869 g/mol. The fourth-order valence-corrected chi connectivity index (χ4v) is 7.86. The van der Waals surface area contributed by atoms with Gasteiger partial charge in [-0.15, -0.1) is 0 Å². The van der Waals surface area contributed by atoms with Crippen LogP contribution in [0.2, 0.25) is 0 Å². The van der Waals surface area contributed by atoms with Crippen molar-refractivity contribution < 1.29 is 23.8 Å². The van der Waals surface area contributed by atoms with Crippen molar-refractivity contribution in [3.63, 3.8) is 0 Å². The second kappa shape index (κ2) is 53.2. The van der Waals surface area contributed by atoms with Crippen molar-refractivity contribution in [2.24, 2.45) is 0 Å². The first-order chi connectivity index (χ1) is 30.6. The molecule has 0 saturated heterocycles. The molecule has 0 radical (unpaired) electrons. The molecule has 5 nitrogen and oxygen atoms in total. The first kappa shape index (κ1) is 59.9. The van der Waals surface area contributed by atoms with Crippen LogP contribution in [-0.2, 0) is 23.8 Å². The van der Waals surface area contributed by atoms with E-state index in [4.69, 9.17) is 14.2 Å². The number of esters is 2. The smallest absolute Gasteiger partial charge is 0.306 e. The molecular formula is C57H104O5. The van der Waals surface area contributed by atoms with Crippen LogP contribution in [0.25, 0.3) is 0 Å². The summed E-state index contributed by atoms with van der Waals surface area (Å²) in [5.74, 6) is -0.389. The van der Waals surface area contributed by atoms with Crippen LogP contribution in [0.15, 0.2) is 48.6 Å². The number of unbranched alkanes of at least 4 members (excludes halogenated alkanes) is 31. The largest absolute Gasteiger partial charge is 0.462 e. The zero-order valence-electron chi connectivity index (χ0n) is 41.6. The lowest BCUT2D eigenvalue weighted by molar-refractivity contribution is -0.163. The van der Waals surface area contributed by atoms with E-state index >= 15 is 0 Å². The van der Waals surface area contributed by atoms with Crippen LogP contribution in [0.5, 0.6) is 0 Å². The highest BCUT2D eigenvalue weighted by atomic mass is 16.6.